The quantitative estimate of drug-likeness (QED) is 0.813. The molecular formula is C17H18ClNO4. The maximum absolute atomic E-state index is 12.0. The maximum atomic E-state index is 12.0. The molecule has 0 atom stereocenters. The highest BCUT2D eigenvalue weighted by Gasteiger charge is 2.20. The number of hydrogen-bond acceptors (Lipinski definition) is 4. The number of esters is 1. The van der Waals surface area contributed by atoms with Gasteiger partial charge in [-0.15, -0.1) is 0 Å². The predicted octanol–water partition coefficient (Wildman–Crippen LogP) is 4.63. The first-order valence-corrected chi connectivity index (χ1v) is 7.39. The number of rotatable bonds is 2. The van der Waals surface area contributed by atoms with E-state index in [0.29, 0.717) is 10.7 Å². The number of methoxy groups -OCH3 is 1. The third-order valence-corrected chi connectivity index (χ3v) is 3.21. The summed E-state index contributed by atoms with van der Waals surface area (Å²) in [5.74, 6) is -0.548. The second kappa shape index (κ2) is 6.46. The Bertz CT molecular complexity index is 765. The van der Waals surface area contributed by atoms with Crippen molar-refractivity contribution in [1.29, 1.82) is 0 Å². The molecule has 0 aliphatic carbocycles. The second-order valence-corrected chi connectivity index (χ2v) is 6.44. The van der Waals surface area contributed by atoms with Gasteiger partial charge in [-0.25, -0.2) is 9.59 Å². The van der Waals surface area contributed by atoms with Crippen molar-refractivity contribution in [3.05, 3.63) is 40.9 Å². The lowest BCUT2D eigenvalue weighted by Gasteiger charge is -2.20. The van der Waals surface area contributed by atoms with E-state index in [0.717, 1.165) is 10.8 Å². The fourth-order valence-electron chi connectivity index (χ4n) is 2.06. The minimum Gasteiger partial charge on any atom is -0.465 e. The smallest absolute Gasteiger partial charge is 0.412 e. The number of carbonyl (C=O) groups is 2. The minimum atomic E-state index is -0.649. The number of ether oxygens (including phenoxy) is 2. The number of halogens is 1. The molecule has 1 N–H and O–H groups in total. The van der Waals surface area contributed by atoms with Crippen LogP contribution in [0.1, 0.15) is 31.1 Å². The lowest BCUT2D eigenvalue weighted by atomic mass is 10.0. The second-order valence-electron chi connectivity index (χ2n) is 6.01. The van der Waals surface area contributed by atoms with Gasteiger partial charge >= 0.3 is 12.1 Å². The molecule has 0 aromatic heterocycles. The Balaban J connectivity index is 2.46. The van der Waals surface area contributed by atoms with Gasteiger partial charge < -0.3 is 9.47 Å². The van der Waals surface area contributed by atoms with Gasteiger partial charge in [-0.3, -0.25) is 5.32 Å². The number of carbonyl (C=O) groups excluding carboxylic acids is 2. The van der Waals surface area contributed by atoms with E-state index >= 15 is 0 Å². The van der Waals surface area contributed by atoms with Crippen LogP contribution < -0.4 is 5.32 Å². The van der Waals surface area contributed by atoms with Gasteiger partial charge in [0.05, 0.1) is 18.4 Å². The van der Waals surface area contributed by atoms with Crippen LogP contribution in [0.4, 0.5) is 10.5 Å². The molecule has 0 radical (unpaired) electrons. The summed E-state index contributed by atoms with van der Waals surface area (Å²) in [4.78, 5) is 24.0. The minimum absolute atomic E-state index is 0.244. The summed E-state index contributed by atoms with van der Waals surface area (Å²) in [6.07, 6.45) is -0.649. The highest BCUT2D eigenvalue weighted by Crippen LogP contribution is 2.27. The number of amides is 1. The van der Waals surface area contributed by atoms with Gasteiger partial charge in [0.25, 0.3) is 0 Å². The first-order chi connectivity index (χ1) is 10.7. The summed E-state index contributed by atoms with van der Waals surface area (Å²) < 4.78 is 9.99. The summed E-state index contributed by atoms with van der Waals surface area (Å²) in [6.45, 7) is 5.27. The molecule has 0 saturated heterocycles. The van der Waals surface area contributed by atoms with Crippen molar-refractivity contribution >= 4 is 40.1 Å². The zero-order valence-electron chi connectivity index (χ0n) is 13.4. The van der Waals surface area contributed by atoms with Crippen molar-refractivity contribution in [3.8, 4) is 0 Å². The number of benzene rings is 2. The van der Waals surface area contributed by atoms with Gasteiger partial charge in [0.1, 0.15) is 5.60 Å². The van der Waals surface area contributed by atoms with Gasteiger partial charge in [-0.2, -0.15) is 0 Å². The summed E-state index contributed by atoms with van der Waals surface area (Å²) in [5.41, 5.74) is -0.0931. The third-order valence-electron chi connectivity index (χ3n) is 2.98. The van der Waals surface area contributed by atoms with E-state index in [1.165, 1.54) is 7.11 Å². The van der Waals surface area contributed by atoms with E-state index in [2.05, 4.69) is 5.32 Å². The van der Waals surface area contributed by atoms with Crippen molar-refractivity contribution in [2.75, 3.05) is 12.4 Å². The Morgan fingerprint density at radius 1 is 1.09 bits per heavy atom. The van der Waals surface area contributed by atoms with Gasteiger partial charge in [-0.05, 0) is 55.8 Å². The van der Waals surface area contributed by atoms with Gasteiger partial charge in [0, 0.05) is 5.02 Å². The molecule has 122 valence electrons. The molecule has 0 bridgehead atoms. The van der Waals surface area contributed by atoms with Crippen LogP contribution in [0.15, 0.2) is 30.3 Å². The molecule has 0 heterocycles. The molecule has 0 fully saturated rings. The SMILES string of the molecule is COC(=O)c1cc2ccc(Cl)cc2cc1NC(=O)OC(C)(C)C. The molecular weight excluding hydrogens is 318 g/mol. The Hall–Kier alpha value is -2.27. The molecule has 0 unspecified atom stereocenters. The van der Waals surface area contributed by atoms with Crippen LogP contribution in [-0.4, -0.2) is 24.8 Å². The van der Waals surface area contributed by atoms with E-state index in [1.807, 2.05) is 0 Å². The number of nitrogens with one attached hydrogen (secondary N) is 1. The topological polar surface area (TPSA) is 64.6 Å². The molecule has 0 aliphatic heterocycles. The van der Waals surface area contributed by atoms with Crippen LogP contribution in [0, 0.1) is 0 Å². The molecule has 2 aromatic rings. The molecule has 0 spiro atoms. The molecule has 6 heteroatoms. The highest BCUT2D eigenvalue weighted by atomic mass is 35.5. The predicted molar refractivity (Wildman–Crippen MR) is 90.2 cm³/mol. The van der Waals surface area contributed by atoms with Gasteiger partial charge in [0.2, 0.25) is 0 Å². The number of hydrogen-bond donors (Lipinski definition) is 1. The first-order valence-electron chi connectivity index (χ1n) is 7.01. The standard InChI is InChI=1S/C17H18ClNO4/c1-17(2,3)23-16(21)19-14-9-11-7-12(18)6-5-10(11)8-13(14)15(20)22-4/h5-9H,1-4H3,(H,19,21). The van der Waals surface area contributed by atoms with E-state index in [9.17, 15) is 9.59 Å². The summed E-state index contributed by atoms with van der Waals surface area (Å²) >= 11 is 5.99. The Morgan fingerprint density at radius 2 is 1.78 bits per heavy atom. The molecule has 2 aromatic carbocycles. The average molecular weight is 336 g/mol. The van der Waals surface area contributed by atoms with E-state index in [4.69, 9.17) is 21.1 Å². The van der Waals surface area contributed by atoms with Crippen molar-refractivity contribution in [3.63, 3.8) is 0 Å². The summed E-state index contributed by atoms with van der Waals surface area (Å²) in [6, 6.07) is 8.58. The summed E-state index contributed by atoms with van der Waals surface area (Å²) in [5, 5.41) is 4.75. The van der Waals surface area contributed by atoms with Crippen molar-refractivity contribution in [2.45, 2.75) is 26.4 Å². The molecule has 5 nitrogen and oxygen atoms in total. The lowest BCUT2D eigenvalue weighted by molar-refractivity contribution is 0.0602. The van der Waals surface area contributed by atoms with Crippen molar-refractivity contribution in [2.24, 2.45) is 0 Å². The average Bonchev–Trinajstić information content (AvgIpc) is 2.43. The zero-order chi connectivity index (χ0) is 17.2. The van der Waals surface area contributed by atoms with E-state index in [-0.39, 0.29) is 5.56 Å². The van der Waals surface area contributed by atoms with Crippen LogP contribution in [0.5, 0.6) is 0 Å². The normalized spacial score (nSPS) is 11.2. The fourth-order valence-corrected chi connectivity index (χ4v) is 2.24. The molecule has 2 rings (SSSR count). The molecule has 0 saturated carbocycles. The molecule has 1 amide bonds. The first kappa shape index (κ1) is 17.1. The largest absolute Gasteiger partial charge is 0.465 e. The lowest BCUT2D eigenvalue weighted by Crippen LogP contribution is -2.27. The van der Waals surface area contributed by atoms with E-state index in [1.54, 1.807) is 51.1 Å². The monoisotopic (exact) mass is 335 g/mol. The Morgan fingerprint density at radius 3 is 2.39 bits per heavy atom. The van der Waals surface area contributed by atoms with Gasteiger partial charge in [-0.1, -0.05) is 17.7 Å². The van der Waals surface area contributed by atoms with Crippen LogP contribution in [0.3, 0.4) is 0 Å². The van der Waals surface area contributed by atoms with Crippen molar-refractivity contribution < 1.29 is 19.1 Å². The van der Waals surface area contributed by atoms with Crippen LogP contribution in [0.25, 0.3) is 10.8 Å². The van der Waals surface area contributed by atoms with Crippen molar-refractivity contribution in [1.82, 2.24) is 0 Å². The summed E-state index contributed by atoms with van der Waals surface area (Å²) in [7, 11) is 1.28. The molecule has 0 aliphatic rings. The Labute approximate surface area is 139 Å². The van der Waals surface area contributed by atoms with Crippen LogP contribution in [0.2, 0.25) is 5.02 Å². The number of fused-ring (bicyclic) bond motifs is 1. The van der Waals surface area contributed by atoms with Gasteiger partial charge in [0.15, 0.2) is 0 Å². The Kier molecular flexibility index (Phi) is 4.80. The number of anilines is 1. The highest BCUT2D eigenvalue weighted by molar-refractivity contribution is 6.31. The van der Waals surface area contributed by atoms with Crippen LogP contribution >= 0.6 is 11.6 Å². The molecule has 23 heavy (non-hydrogen) atoms. The zero-order valence-corrected chi connectivity index (χ0v) is 14.2. The van der Waals surface area contributed by atoms with E-state index < -0.39 is 17.7 Å². The third kappa shape index (κ3) is 4.36. The van der Waals surface area contributed by atoms with Crippen LogP contribution in [-0.2, 0) is 9.47 Å². The maximum Gasteiger partial charge on any atom is 0.412 e. The fraction of sp³-hybridized carbons (Fsp3) is 0.294.